The van der Waals surface area contributed by atoms with Gasteiger partial charge in [-0.25, -0.2) is 13.8 Å². The maximum absolute atomic E-state index is 13.1. The monoisotopic (exact) mass is 262 g/mol. The fourth-order valence-corrected chi connectivity index (χ4v) is 1.48. The van der Waals surface area contributed by atoms with Crippen molar-refractivity contribution in [2.24, 2.45) is 0 Å². The van der Waals surface area contributed by atoms with Crippen LogP contribution in [0.3, 0.4) is 0 Å². The van der Waals surface area contributed by atoms with Gasteiger partial charge in [0.05, 0.1) is 4.47 Å². The van der Waals surface area contributed by atoms with E-state index in [2.05, 4.69) is 25.9 Å². The van der Waals surface area contributed by atoms with Gasteiger partial charge in [0.2, 0.25) is 0 Å². The van der Waals surface area contributed by atoms with Crippen LogP contribution in [0.1, 0.15) is 0 Å². The van der Waals surface area contributed by atoms with Crippen molar-refractivity contribution in [1.82, 2.24) is 9.97 Å². The van der Waals surface area contributed by atoms with Crippen LogP contribution in [-0.2, 0) is 0 Å². The van der Waals surface area contributed by atoms with E-state index < -0.39 is 17.7 Å². The molecule has 0 atom stereocenters. The molecule has 2 rings (SSSR count). The summed E-state index contributed by atoms with van der Waals surface area (Å²) < 4.78 is 38.6. The number of fused-ring (bicyclic) bond motifs is 1. The second kappa shape index (κ2) is 3.20. The zero-order valence-corrected chi connectivity index (χ0v) is 8.15. The Morgan fingerprint density at radius 3 is 2.57 bits per heavy atom. The molecule has 0 aliphatic rings. The van der Waals surface area contributed by atoms with E-state index in [-0.39, 0.29) is 15.4 Å². The fraction of sp³-hybridized carbons (Fsp3) is 0. The average molecular weight is 263 g/mol. The van der Waals surface area contributed by atoms with E-state index in [0.717, 1.165) is 6.20 Å². The summed E-state index contributed by atoms with van der Waals surface area (Å²) in [4.78, 5) is 6.44. The number of hydrogen-bond acceptors (Lipinski definition) is 2. The highest BCUT2D eigenvalue weighted by Gasteiger charge is 2.12. The predicted molar refractivity (Wildman–Crippen MR) is 47.1 cm³/mol. The van der Waals surface area contributed by atoms with Gasteiger partial charge in [-0.2, -0.15) is 9.37 Å². The third-order valence-electron chi connectivity index (χ3n) is 1.69. The molecular formula is C8H2BrF3N2. The molecule has 1 aromatic heterocycles. The maximum Gasteiger partial charge on any atom is 0.309 e. The Bertz CT molecular complexity index is 515. The Labute approximate surface area is 84.9 Å². The molecular weight excluding hydrogens is 261 g/mol. The summed E-state index contributed by atoms with van der Waals surface area (Å²) in [6.07, 6.45) is -0.0246. The highest BCUT2D eigenvalue weighted by atomic mass is 79.9. The Morgan fingerprint density at radius 2 is 1.86 bits per heavy atom. The number of halogens is 4. The van der Waals surface area contributed by atoms with Crippen molar-refractivity contribution in [3.8, 4) is 0 Å². The summed E-state index contributed by atoms with van der Waals surface area (Å²) in [5.74, 6) is -1.69. The second-order valence-corrected chi connectivity index (χ2v) is 3.35. The Balaban J connectivity index is 2.94. The van der Waals surface area contributed by atoms with Gasteiger partial charge < -0.3 is 0 Å². The largest absolute Gasteiger partial charge is 0.309 e. The molecule has 0 unspecified atom stereocenters. The Morgan fingerprint density at radius 1 is 1.14 bits per heavy atom. The predicted octanol–water partition coefficient (Wildman–Crippen LogP) is 2.81. The number of hydrogen-bond donors (Lipinski definition) is 0. The molecule has 6 heteroatoms. The molecule has 0 radical (unpaired) electrons. The van der Waals surface area contributed by atoms with Crippen LogP contribution in [0.2, 0.25) is 0 Å². The van der Waals surface area contributed by atoms with E-state index >= 15 is 0 Å². The lowest BCUT2D eigenvalue weighted by Crippen LogP contribution is -1.94. The van der Waals surface area contributed by atoms with Crippen molar-refractivity contribution in [1.29, 1.82) is 0 Å². The average Bonchev–Trinajstić information content (AvgIpc) is 2.14. The van der Waals surface area contributed by atoms with Crippen LogP contribution < -0.4 is 0 Å². The second-order valence-electron chi connectivity index (χ2n) is 2.56. The summed E-state index contributed by atoms with van der Waals surface area (Å²) in [5.41, 5.74) is -0.245. The van der Waals surface area contributed by atoms with Gasteiger partial charge in [-0.3, -0.25) is 0 Å². The van der Waals surface area contributed by atoms with Gasteiger partial charge in [0.1, 0.15) is 11.3 Å². The number of nitrogens with zero attached hydrogens (tertiary/aromatic N) is 2. The van der Waals surface area contributed by atoms with E-state index in [1.807, 2.05) is 0 Å². The molecule has 14 heavy (non-hydrogen) atoms. The molecule has 0 spiro atoms. The van der Waals surface area contributed by atoms with Crippen molar-refractivity contribution >= 4 is 26.8 Å². The van der Waals surface area contributed by atoms with Crippen LogP contribution in [0.15, 0.2) is 16.7 Å². The van der Waals surface area contributed by atoms with Crippen LogP contribution >= 0.6 is 15.9 Å². The van der Waals surface area contributed by atoms with Gasteiger partial charge in [0.15, 0.2) is 5.82 Å². The minimum absolute atomic E-state index is 0.0221. The van der Waals surface area contributed by atoms with E-state index in [0.29, 0.717) is 6.07 Å². The number of aromatic nitrogens is 2. The molecule has 72 valence electrons. The topological polar surface area (TPSA) is 25.8 Å². The summed E-state index contributed by atoms with van der Waals surface area (Å²) in [5, 5.41) is 0.101. The first kappa shape index (κ1) is 9.39. The fourth-order valence-electron chi connectivity index (χ4n) is 1.07. The summed E-state index contributed by atoms with van der Waals surface area (Å²) in [6.45, 7) is 0. The minimum Gasteiger partial charge on any atom is -0.210 e. The van der Waals surface area contributed by atoms with Crippen LogP contribution in [0.4, 0.5) is 13.2 Å². The van der Waals surface area contributed by atoms with Crippen molar-refractivity contribution < 1.29 is 13.2 Å². The van der Waals surface area contributed by atoms with Crippen LogP contribution in [0, 0.1) is 17.7 Å². The lowest BCUT2D eigenvalue weighted by Gasteiger charge is -2.01. The zero-order chi connectivity index (χ0) is 10.3. The molecule has 0 bridgehead atoms. The lowest BCUT2D eigenvalue weighted by molar-refractivity contribution is 0.537. The first-order valence-electron chi connectivity index (χ1n) is 3.55. The van der Waals surface area contributed by atoms with Gasteiger partial charge in [-0.05, 0) is 15.9 Å². The van der Waals surface area contributed by atoms with Crippen LogP contribution in [0.25, 0.3) is 10.9 Å². The minimum atomic E-state index is -1.05. The molecule has 0 amide bonds. The molecule has 0 saturated carbocycles. The van der Waals surface area contributed by atoms with Crippen molar-refractivity contribution in [3.05, 3.63) is 34.4 Å². The zero-order valence-electron chi connectivity index (χ0n) is 6.56. The van der Waals surface area contributed by atoms with E-state index in [9.17, 15) is 13.2 Å². The highest BCUT2D eigenvalue weighted by Crippen LogP contribution is 2.27. The van der Waals surface area contributed by atoms with E-state index in [1.54, 1.807) is 0 Å². The smallest absolute Gasteiger partial charge is 0.210 e. The Hall–Kier alpha value is -1.17. The molecule has 2 nitrogen and oxygen atoms in total. The quantitative estimate of drug-likeness (QED) is 0.539. The highest BCUT2D eigenvalue weighted by molar-refractivity contribution is 9.10. The van der Waals surface area contributed by atoms with Gasteiger partial charge >= 0.3 is 6.08 Å². The van der Waals surface area contributed by atoms with Gasteiger partial charge in [-0.15, -0.1) is 0 Å². The molecule has 1 heterocycles. The first-order chi connectivity index (χ1) is 6.59. The van der Waals surface area contributed by atoms with Crippen molar-refractivity contribution in [2.75, 3.05) is 0 Å². The third kappa shape index (κ3) is 1.35. The summed E-state index contributed by atoms with van der Waals surface area (Å²) in [6, 6.07) is 0.638. The van der Waals surface area contributed by atoms with E-state index in [1.165, 1.54) is 0 Å². The molecule has 0 aliphatic heterocycles. The molecule has 0 aliphatic carbocycles. The van der Waals surface area contributed by atoms with Gasteiger partial charge in [-0.1, -0.05) is 0 Å². The maximum atomic E-state index is 13.1. The normalized spacial score (nSPS) is 10.9. The van der Waals surface area contributed by atoms with E-state index in [4.69, 9.17) is 0 Å². The standard InChI is InChI=1S/C8H2BrF3N2/c9-6-3-2-13-8(12)14-7(3)5(11)1-4(6)10/h1-2H. The molecule has 0 fully saturated rings. The lowest BCUT2D eigenvalue weighted by atomic mass is 10.2. The molecule has 0 saturated heterocycles. The van der Waals surface area contributed by atoms with Crippen molar-refractivity contribution in [2.45, 2.75) is 0 Å². The van der Waals surface area contributed by atoms with Crippen molar-refractivity contribution in [3.63, 3.8) is 0 Å². The molecule has 2 aromatic rings. The SMILES string of the molecule is Fc1ncc2c(Br)c(F)cc(F)c2n1. The summed E-state index contributed by atoms with van der Waals surface area (Å²) >= 11 is 2.90. The summed E-state index contributed by atoms with van der Waals surface area (Å²) in [7, 11) is 0. The van der Waals surface area contributed by atoms with Crippen LogP contribution in [0.5, 0.6) is 0 Å². The van der Waals surface area contributed by atoms with Gasteiger partial charge in [0, 0.05) is 17.6 Å². The van der Waals surface area contributed by atoms with Crippen LogP contribution in [-0.4, -0.2) is 9.97 Å². The molecule has 0 N–H and O–H groups in total. The first-order valence-corrected chi connectivity index (χ1v) is 4.34. The number of rotatable bonds is 0. The third-order valence-corrected chi connectivity index (χ3v) is 2.49. The molecule has 1 aromatic carbocycles. The van der Waals surface area contributed by atoms with Gasteiger partial charge in [0.25, 0.3) is 0 Å². The number of benzene rings is 1. The Kier molecular flexibility index (Phi) is 2.14.